The van der Waals surface area contributed by atoms with Gasteiger partial charge in [0.15, 0.2) is 0 Å². The highest BCUT2D eigenvalue weighted by Gasteiger charge is 2.40. The summed E-state index contributed by atoms with van der Waals surface area (Å²) in [4.78, 5) is 14.7. The van der Waals surface area contributed by atoms with E-state index in [1.54, 1.807) is 6.07 Å². The van der Waals surface area contributed by atoms with Gasteiger partial charge < -0.3 is 15.3 Å². The lowest BCUT2D eigenvalue weighted by Crippen LogP contribution is -2.39. The standard InChI is InChI=1S/C17H18N2O2/c20-16-13-4-2-1-3-11(13)5-6-14(16)17(21)19-8-7-12-9-18-10-15(12)19/h1-6,12,15,18,20H,7-10H2/t12-,15+/m0/s1. The fourth-order valence-electron chi connectivity index (χ4n) is 3.68. The van der Waals surface area contributed by atoms with Crippen LogP contribution < -0.4 is 5.32 Å². The van der Waals surface area contributed by atoms with E-state index in [2.05, 4.69) is 5.32 Å². The number of nitrogens with zero attached hydrogens (tertiary/aromatic N) is 1. The quantitative estimate of drug-likeness (QED) is 0.841. The van der Waals surface area contributed by atoms with Crippen LogP contribution in [0.3, 0.4) is 0 Å². The van der Waals surface area contributed by atoms with Crippen LogP contribution in [0.15, 0.2) is 36.4 Å². The van der Waals surface area contributed by atoms with E-state index in [4.69, 9.17) is 0 Å². The molecule has 4 rings (SSSR count). The second-order valence-electron chi connectivity index (χ2n) is 5.96. The van der Waals surface area contributed by atoms with Crippen LogP contribution in [0.25, 0.3) is 10.8 Å². The molecule has 0 unspecified atom stereocenters. The van der Waals surface area contributed by atoms with E-state index >= 15 is 0 Å². The molecule has 2 heterocycles. The van der Waals surface area contributed by atoms with Crippen molar-refractivity contribution in [2.45, 2.75) is 12.5 Å². The maximum absolute atomic E-state index is 12.8. The predicted octanol–water partition coefficient (Wildman–Crippen LogP) is 1.98. The summed E-state index contributed by atoms with van der Waals surface area (Å²) < 4.78 is 0. The number of benzene rings is 2. The first-order valence-electron chi connectivity index (χ1n) is 7.48. The van der Waals surface area contributed by atoms with Crippen molar-refractivity contribution in [1.82, 2.24) is 10.2 Å². The highest BCUT2D eigenvalue weighted by Crippen LogP contribution is 2.33. The highest BCUT2D eigenvalue weighted by molar-refractivity contribution is 6.03. The lowest BCUT2D eigenvalue weighted by Gasteiger charge is -2.24. The summed E-state index contributed by atoms with van der Waals surface area (Å²) in [5.74, 6) is 0.624. The molecule has 2 fully saturated rings. The van der Waals surface area contributed by atoms with Crippen molar-refractivity contribution >= 4 is 16.7 Å². The molecule has 1 amide bonds. The van der Waals surface area contributed by atoms with Crippen molar-refractivity contribution in [3.8, 4) is 5.75 Å². The molecule has 0 bridgehead atoms. The van der Waals surface area contributed by atoms with Crippen LogP contribution in [0.5, 0.6) is 5.75 Å². The Morgan fingerprint density at radius 1 is 1.19 bits per heavy atom. The van der Waals surface area contributed by atoms with Crippen molar-refractivity contribution < 1.29 is 9.90 Å². The number of phenolic OH excluding ortho intramolecular Hbond substituents is 1. The number of phenols is 1. The van der Waals surface area contributed by atoms with Crippen molar-refractivity contribution in [1.29, 1.82) is 0 Å². The third-order valence-electron chi connectivity index (χ3n) is 4.84. The number of aromatic hydroxyl groups is 1. The maximum Gasteiger partial charge on any atom is 0.257 e. The fourth-order valence-corrected chi connectivity index (χ4v) is 3.68. The minimum Gasteiger partial charge on any atom is -0.506 e. The van der Waals surface area contributed by atoms with Crippen molar-refractivity contribution in [3.63, 3.8) is 0 Å². The third kappa shape index (κ3) is 1.90. The van der Waals surface area contributed by atoms with Crippen LogP contribution in [0, 0.1) is 5.92 Å². The van der Waals surface area contributed by atoms with Gasteiger partial charge in [0.2, 0.25) is 0 Å². The average Bonchev–Trinajstić information content (AvgIpc) is 3.10. The van der Waals surface area contributed by atoms with Crippen molar-refractivity contribution in [3.05, 3.63) is 42.0 Å². The Balaban J connectivity index is 1.73. The molecule has 4 heteroatoms. The molecule has 0 saturated carbocycles. The summed E-state index contributed by atoms with van der Waals surface area (Å²) in [7, 11) is 0. The zero-order chi connectivity index (χ0) is 14.4. The Labute approximate surface area is 123 Å². The smallest absolute Gasteiger partial charge is 0.257 e. The monoisotopic (exact) mass is 282 g/mol. The largest absolute Gasteiger partial charge is 0.506 e. The molecule has 2 aliphatic heterocycles. The molecule has 0 spiro atoms. The molecule has 2 atom stereocenters. The van der Waals surface area contributed by atoms with E-state index in [9.17, 15) is 9.90 Å². The van der Waals surface area contributed by atoms with Crippen LogP contribution >= 0.6 is 0 Å². The number of carbonyl (C=O) groups excluding carboxylic acids is 1. The van der Waals surface area contributed by atoms with Crippen LogP contribution in [-0.2, 0) is 0 Å². The lowest BCUT2D eigenvalue weighted by molar-refractivity contribution is 0.0734. The lowest BCUT2D eigenvalue weighted by atomic mass is 10.0. The van der Waals surface area contributed by atoms with Crippen LogP contribution in [-0.4, -0.2) is 41.6 Å². The van der Waals surface area contributed by atoms with Crippen LogP contribution in [0.1, 0.15) is 16.8 Å². The van der Waals surface area contributed by atoms with Gasteiger partial charge in [0.25, 0.3) is 5.91 Å². The summed E-state index contributed by atoms with van der Waals surface area (Å²) in [5, 5.41) is 15.5. The molecule has 2 saturated heterocycles. The third-order valence-corrected chi connectivity index (χ3v) is 4.84. The topological polar surface area (TPSA) is 52.6 Å². The Kier molecular flexibility index (Phi) is 2.86. The molecule has 21 heavy (non-hydrogen) atoms. The number of carbonyl (C=O) groups is 1. The zero-order valence-corrected chi connectivity index (χ0v) is 11.7. The molecule has 4 nitrogen and oxygen atoms in total. The van der Waals surface area contributed by atoms with Gasteiger partial charge in [-0.25, -0.2) is 0 Å². The van der Waals surface area contributed by atoms with E-state index < -0.39 is 0 Å². The van der Waals surface area contributed by atoms with Gasteiger partial charge in [0, 0.05) is 31.1 Å². The van der Waals surface area contributed by atoms with E-state index in [1.165, 1.54) is 0 Å². The van der Waals surface area contributed by atoms with E-state index in [-0.39, 0.29) is 17.7 Å². The van der Waals surface area contributed by atoms with Gasteiger partial charge in [0.1, 0.15) is 5.75 Å². The second kappa shape index (κ2) is 4.74. The number of amides is 1. The summed E-state index contributed by atoms with van der Waals surface area (Å²) in [5.41, 5.74) is 0.418. The summed E-state index contributed by atoms with van der Waals surface area (Å²) in [6.07, 6.45) is 1.05. The van der Waals surface area contributed by atoms with Crippen molar-refractivity contribution in [2.75, 3.05) is 19.6 Å². The van der Waals surface area contributed by atoms with Gasteiger partial charge in [-0.2, -0.15) is 0 Å². The van der Waals surface area contributed by atoms with Gasteiger partial charge in [-0.15, -0.1) is 0 Å². The average molecular weight is 282 g/mol. The van der Waals surface area contributed by atoms with E-state index in [1.807, 2.05) is 35.2 Å². The molecule has 2 N–H and O–H groups in total. The molecule has 2 aliphatic rings. The molecule has 0 aromatic heterocycles. The molecule has 0 aliphatic carbocycles. The van der Waals surface area contributed by atoms with Gasteiger partial charge in [0.05, 0.1) is 5.56 Å². The van der Waals surface area contributed by atoms with Gasteiger partial charge >= 0.3 is 0 Å². The predicted molar refractivity (Wildman–Crippen MR) is 81.4 cm³/mol. The fraction of sp³-hybridized carbons (Fsp3) is 0.353. The van der Waals surface area contributed by atoms with Crippen LogP contribution in [0.4, 0.5) is 0 Å². The Morgan fingerprint density at radius 3 is 2.95 bits per heavy atom. The Bertz CT molecular complexity index is 713. The molecule has 0 radical (unpaired) electrons. The number of hydrogen-bond acceptors (Lipinski definition) is 3. The highest BCUT2D eigenvalue weighted by atomic mass is 16.3. The van der Waals surface area contributed by atoms with Gasteiger partial charge in [-0.05, 0) is 23.8 Å². The van der Waals surface area contributed by atoms with Gasteiger partial charge in [-0.3, -0.25) is 4.79 Å². The molecular weight excluding hydrogens is 264 g/mol. The summed E-state index contributed by atoms with van der Waals surface area (Å²) >= 11 is 0. The van der Waals surface area contributed by atoms with E-state index in [0.717, 1.165) is 36.8 Å². The summed E-state index contributed by atoms with van der Waals surface area (Å²) in [6.45, 7) is 2.66. The zero-order valence-electron chi connectivity index (χ0n) is 11.7. The SMILES string of the molecule is O=C(c1ccc2ccccc2c1O)N1CC[C@H]2CNC[C@H]21. The molecule has 2 aromatic carbocycles. The number of hydrogen-bond donors (Lipinski definition) is 2. The minimum absolute atomic E-state index is 0.0468. The Hall–Kier alpha value is -2.07. The Morgan fingerprint density at radius 2 is 2.05 bits per heavy atom. The first-order chi connectivity index (χ1) is 10.3. The van der Waals surface area contributed by atoms with E-state index in [0.29, 0.717) is 11.5 Å². The molecular formula is C17H18N2O2. The molecule has 108 valence electrons. The first kappa shape index (κ1) is 12.7. The van der Waals surface area contributed by atoms with Gasteiger partial charge in [-0.1, -0.05) is 30.3 Å². The molecule has 2 aromatic rings. The second-order valence-corrected chi connectivity index (χ2v) is 5.96. The number of fused-ring (bicyclic) bond motifs is 2. The van der Waals surface area contributed by atoms with Crippen molar-refractivity contribution in [2.24, 2.45) is 5.92 Å². The first-order valence-corrected chi connectivity index (χ1v) is 7.48. The summed E-state index contributed by atoms with van der Waals surface area (Å²) in [6, 6.07) is 11.5. The number of nitrogens with one attached hydrogen (secondary N) is 1. The minimum atomic E-state index is -0.0468. The number of likely N-dealkylation sites (tertiary alicyclic amines) is 1. The normalized spacial score (nSPS) is 24.5. The maximum atomic E-state index is 12.8. The number of rotatable bonds is 1. The van der Waals surface area contributed by atoms with Crippen LogP contribution in [0.2, 0.25) is 0 Å².